The summed E-state index contributed by atoms with van der Waals surface area (Å²) < 4.78 is 0. The molecule has 0 atom stereocenters. The summed E-state index contributed by atoms with van der Waals surface area (Å²) in [5.41, 5.74) is 5.24. The van der Waals surface area contributed by atoms with Crippen molar-refractivity contribution >= 4 is 34.8 Å². The number of amides is 1. The molecule has 1 N–H and O–H groups in total. The van der Waals surface area contributed by atoms with E-state index in [1.54, 1.807) is 0 Å². The lowest BCUT2D eigenvalue weighted by molar-refractivity contribution is -0.111. The minimum Gasteiger partial charge on any atom is -0.322 e. The molecule has 130 valence electrons. The van der Waals surface area contributed by atoms with Crippen LogP contribution in [0.3, 0.4) is 0 Å². The van der Waals surface area contributed by atoms with Crippen LogP contribution in [0.25, 0.3) is 11.6 Å². The minimum atomic E-state index is -0.162. The van der Waals surface area contributed by atoms with Crippen molar-refractivity contribution in [2.75, 3.05) is 5.32 Å². The lowest BCUT2D eigenvalue weighted by Crippen LogP contribution is -2.14. The van der Waals surface area contributed by atoms with E-state index in [0.717, 1.165) is 27.9 Å². The van der Waals surface area contributed by atoms with Crippen LogP contribution >= 0.6 is 11.6 Å². The molecule has 0 heterocycles. The Morgan fingerprint density at radius 1 is 0.885 bits per heavy atom. The number of halogens is 1. The van der Waals surface area contributed by atoms with Gasteiger partial charge in [-0.1, -0.05) is 72.3 Å². The molecule has 1 amide bonds. The maximum Gasteiger partial charge on any atom is 0.256 e. The highest BCUT2D eigenvalue weighted by molar-refractivity contribution is 6.34. The number of hydrogen-bond donors (Lipinski definition) is 1. The number of carbonyl (C=O) groups is 1. The summed E-state index contributed by atoms with van der Waals surface area (Å²) >= 11 is 6.29. The van der Waals surface area contributed by atoms with Gasteiger partial charge >= 0.3 is 0 Å². The highest BCUT2D eigenvalue weighted by Gasteiger charge is 2.14. The smallest absolute Gasteiger partial charge is 0.256 e. The van der Waals surface area contributed by atoms with E-state index in [1.807, 2.05) is 92.7 Å². The second-order valence-electron chi connectivity index (χ2n) is 6.15. The van der Waals surface area contributed by atoms with Crippen molar-refractivity contribution in [1.29, 1.82) is 0 Å². The molecule has 0 saturated carbocycles. The van der Waals surface area contributed by atoms with Crippen molar-refractivity contribution in [2.24, 2.45) is 0 Å². The Morgan fingerprint density at radius 3 is 2.31 bits per heavy atom. The highest BCUT2D eigenvalue weighted by atomic mass is 35.5. The Balaban J connectivity index is 2.02. The highest BCUT2D eigenvalue weighted by Crippen LogP contribution is 2.25. The van der Waals surface area contributed by atoms with E-state index in [-0.39, 0.29) is 5.91 Å². The average molecular weight is 362 g/mol. The molecular weight excluding hydrogens is 342 g/mol. The van der Waals surface area contributed by atoms with Crippen molar-refractivity contribution in [3.63, 3.8) is 0 Å². The maximum absolute atomic E-state index is 13.1. The molecule has 3 rings (SSSR count). The zero-order valence-electron chi connectivity index (χ0n) is 14.8. The van der Waals surface area contributed by atoms with Gasteiger partial charge in [0, 0.05) is 16.3 Å². The van der Waals surface area contributed by atoms with Gasteiger partial charge in [-0.25, -0.2) is 0 Å². The summed E-state index contributed by atoms with van der Waals surface area (Å²) in [5, 5.41) is 3.65. The zero-order valence-corrected chi connectivity index (χ0v) is 15.5. The number of carbonyl (C=O) groups excluding carboxylic acids is 1. The first kappa shape index (κ1) is 18.0. The van der Waals surface area contributed by atoms with Crippen LogP contribution in [-0.2, 0) is 4.79 Å². The van der Waals surface area contributed by atoms with Gasteiger partial charge in [0.1, 0.15) is 0 Å². The predicted octanol–water partition coefficient (Wildman–Crippen LogP) is 6.14. The summed E-state index contributed by atoms with van der Waals surface area (Å²) in [4.78, 5) is 13.1. The Labute approximate surface area is 159 Å². The largest absolute Gasteiger partial charge is 0.322 e. The van der Waals surface area contributed by atoms with E-state index in [0.29, 0.717) is 10.6 Å². The summed E-state index contributed by atoms with van der Waals surface area (Å²) in [6.07, 6.45) is 1.83. The number of hydrogen-bond acceptors (Lipinski definition) is 1. The monoisotopic (exact) mass is 361 g/mol. The maximum atomic E-state index is 13.1. The van der Waals surface area contributed by atoms with Crippen molar-refractivity contribution in [3.05, 3.63) is 100 Å². The first-order chi connectivity index (χ1) is 12.6. The summed E-state index contributed by atoms with van der Waals surface area (Å²) in [7, 11) is 0. The fourth-order valence-electron chi connectivity index (χ4n) is 2.72. The molecule has 0 spiro atoms. The van der Waals surface area contributed by atoms with Gasteiger partial charge in [0.15, 0.2) is 0 Å². The normalized spacial score (nSPS) is 11.3. The molecule has 0 aliphatic heterocycles. The molecule has 0 radical (unpaired) electrons. The van der Waals surface area contributed by atoms with Crippen molar-refractivity contribution in [2.45, 2.75) is 13.8 Å². The quantitative estimate of drug-likeness (QED) is 0.439. The van der Waals surface area contributed by atoms with Crippen LogP contribution in [0.15, 0.2) is 72.8 Å². The fourth-order valence-corrected chi connectivity index (χ4v) is 2.91. The number of rotatable bonds is 4. The summed E-state index contributed by atoms with van der Waals surface area (Å²) in [6, 6.07) is 23.0. The third-order valence-electron chi connectivity index (χ3n) is 4.39. The van der Waals surface area contributed by atoms with E-state index in [9.17, 15) is 4.79 Å². The Kier molecular flexibility index (Phi) is 5.55. The molecule has 0 saturated heterocycles. The predicted molar refractivity (Wildman–Crippen MR) is 110 cm³/mol. The number of anilines is 1. The van der Waals surface area contributed by atoms with Crippen molar-refractivity contribution in [1.82, 2.24) is 0 Å². The van der Waals surface area contributed by atoms with E-state index >= 15 is 0 Å². The van der Waals surface area contributed by atoms with E-state index < -0.39 is 0 Å². The van der Waals surface area contributed by atoms with Crippen LogP contribution in [0.1, 0.15) is 22.3 Å². The SMILES string of the molecule is Cc1cccc(NC(=O)C(=Cc2ccccc2Cl)c2ccccc2)c1C. The molecule has 0 aliphatic rings. The minimum absolute atomic E-state index is 0.162. The second kappa shape index (κ2) is 8.03. The van der Waals surface area contributed by atoms with Crippen LogP contribution in [0.5, 0.6) is 0 Å². The molecule has 3 heteroatoms. The van der Waals surface area contributed by atoms with Crippen LogP contribution in [0.2, 0.25) is 5.02 Å². The molecule has 0 unspecified atom stereocenters. The molecule has 0 bridgehead atoms. The number of benzene rings is 3. The van der Waals surface area contributed by atoms with Crippen molar-refractivity contribution in [3.8, 4) is 0 Å². The van der Waals surface area contributed by atoms with E-state index in [2.05, 4.69) is 5.32 Å². The lowest BCUT2D eigenvalue weighted by Gasteiger charge is -2.13. The molecule has 3 aromatic carbocycles. The van der Waals surface area contributed by atoms with Crippen LogP contribution in [0.4, 0.5) is 5.69 Å². The lowest BCUT2D eigenvalue weighted by atomic mass is 10.0. The van der Waals surface area contributed by atoms with Crippen LogP contribution < -0.4 is 5.32 Å². The number of nitrogens with one attached hydrogen (secondary N) is 1. The van der Waals surface area contributed by atoms with Crippen LogP contribution in [-0.4, -0.2) is 5.91 Å². The van der Waals surface area contributed by atoms with Gasteiger partial charge < -0.3 is 5.32 Å². The summed E-state index contributed by atoms with van der Waals surface area (Å²) in [6.45, 7) is 4.04. The van der Waals surface area contributed by atoms with E-state index in [1.165, 1.54) is 0 Å². The first-order valence-corrected chi connectivity index (χ1v) is 8.83. The summed E-state index contributed by atoms with van der Waals surface area (Å²) in [5.74, 6) is -0.162. The number of aryl methyl sites for hydroxylation is 1. The molecule has 3 aromatic rings. The van der Waals surface area contributed by atoms with Gasteiger partial charge in [0.05, 0.1) is 0 Å². The van der Waals surface area contributed by atoms with Gasteiger partial charge in [-0.3, -0.25) is 4.79 Å². The third kappa shape index (κ3) is 4.04. The van der Waals surface area contributed by atoms with Gasteiger partial charge in [-0.05, 0) is 54.3 Å². The molecular formula is C23H20ClNO. The van der Waals surface area contributed by atoms with Gasteiger partial charge in [0.2, 0.25) is 0 Å². The second-order valence-corrected chi connectivity index (χ2v) is 6.55. The molecule has 0 fully saturated rings. The Bertz CT molecular complexity index is 961. The topological polar surface area (TPSA) is 29.1 Å². The zero-order chi connectivity index (χ0) is 18.5. The van der Waals surface area contributed by atoms with Gasteiger partial charge in [-0.15, -0.1) is 0 Å². The first-order valence-electron chi connectivity index (χ1n) is 8.45. The Hall–Kier alpha value is -2.84. The average Bonchev–Trinajstić information content (AvgIpc) is 2.65. The van der Waals surface area contributed by atoms with Gasteiger partial charge in [-0.2, -0.15) is 0 Å². The molecule has 0 aliphatic carbocycles. The molecule has 2 nitrogen and oxygen atoms in total. The molecule has 26 heavy (non-hydrogen) atoms. The van der Waals surface area contributed by atoms with Crippen LogP contribution in [0, 0.1) is 13.8 Å². The van der Waals surface area contributed by atoms with E-state index in [4.69, 9.17) is 11.6 Å². The van der Waals surface area contributed by atoms with Gasteiger partial charge in [0.25, 0.3) is 5.91 Å². The Morgan fingerprint density at radius 2 is 1.58 bits per heavy atom. The molecule has 0 aromatic heterocycles. The third-order valence-corrected chi connectivity index (χ3v) is 4.73. The van der Waals surface area contributed by atoms with Crippen molar-refractivity contribution < 1.29 is 4.79 Å². The fraction of sp³-hybridized carbons (Fsp3) is 0.0870. The standard InChI is InChI=1S/C23H20ClNO/c1-16-9-8-14-22(17(16)2)25-23(26)20(18-10-4-3-5-11-18)15-19-12-6-7-13-21(19)24/h3-15H,1-2H3,(H,25,26).